The Bertz CT molecular complexity index is 1160. The first-order valence-electron chi connectivity index (χ1n) is 11.7. The minimum absolute atomic E-state index is 0.152. The van der Waals surface area contributed by atoms with Crippen LogP contribution in [0.2, 0.25) is 0 Å². The molecule has 36 heavy (non-hydrogen) atoms. The monoisotopic (exact) mass is 554 g/mol. The van der Waals surface area contributed by atoms with Crippen LogP contribution in [-0.4, -0.2) is 59.4 Å². The van der Waals surface area contributed by atoms with Crippen LogP contribution in [0.4, 0.5) is 10.5 Å². The summed E-state index contributed by atoms with van der Waals surface area (Å²) in [5, 5.41) is 9.30. The fraction of sp³-hybridized carbons (Fsp3) is 0.321. The van der Waals surface area contributed by atoms with Crippen LogP contribution in [0.5, 0.6) is 5.75 Å². The van der Waals surface area contributed by atoms with Crippen molar-refractivity contribution in [1.82, 2.24) is 4.90 Å². The van der Waals surface area contributed by atoms with Crippen LogP contribution < -0.4 is 4.90 Å². The number of ketones is 2. The van der Waals surface area contributed by atoms with Gasteiger partial charge >= 0.3 is 6.09 Å². The fourth-order valence-electron chi connectivity index (χ4n) is 3.57. The molecule has 1 saturated heterocycles. The van der Waals surface area contributed by atoms with E-state index >= 15 is 0 Å². The fourth-order valence-corrected chi connectivity index (χ4v) is 4.07. The van der Waals surface area contributed by atoms with Gasteiger partial charge in [-0.3, -0.25) is 9.59 Å². The standard InChI is InChI=1S/C28H31BrN2O5/c1-28(2,3)36-27(35)31-16-14-30(15-17-31)22-9-7-21(26(29)18-22)8-13-25(34)19-24(33)12-6-20-4-10-23(32)11-5-20/h4-13,18,32H,14-17,19H2,1-3H3. The van der Waals surface area contributed by atoms with Gasteiger partial charge in [0.1, 0.15) is 11.4 Å². The Balaban J connectivity index is 1.51. The molecule has 7 nitrogen and oxygen atoms in total. The van der Waals surface area contributed by atoms with Gasteiger partial charge in [-0.15, -0.1) is 0 Å². The number of benzene rings is 2. The van der Waals surface area contributed by atoms with Gasteiger partial charge in [-0.1, -0.05) is 46.3 Å². The second-order valence-corrected chi connectivity index (χ2v) is 10.4. The molecule has 2 aromatic carbocycles. The molecule has 1 fully saturated rings. The number of phenolic OH excluding ortho intramolecular Hbond substituents is 1. The molecule has 190 valence electrons. The second-order valence-electron chi connectivity index (χ2n) is 9.53. The maximum Gasteiger partial charge on any atom is 0.410 e. The Morgan fingerprint density at radius 1 is 0.944 bits per heavy atom. The lowest BCUT2D eigenvalue weighted by molar-refractivity contribution is -0.121. The van der Waals surface area contributed by atoms with Crippen molar-refractivity contribution in [3.63, 3.8) is 0 Å². The lowest BCUT2D eigenvalue weighted by Crippen LogP contribution is -2.50. The van der Waals surface area contributed by atoms with Crippen LogP contribution >= 0.6 is 15.9 Å². The van der Waals surface area contributed by atoms with E-state index in [0.29, 0.717) is 26.2 Å². The number of nitrogens with zero attached hydrogens (tertiary/aromatic N) is 2. The maximum atomic E-state index is 12.3. The van der Waals surface area contributed by atoms with Gasteiger partial charge in [0.05, 0.1) is 6.42 Å². The summed E-state index contributed by atoms with van der Waals surface area (Å²) in [7, 11) is 0. The number of carbonyl (C=O) groups excluding carboxylic acids is 3. The number of carbonyl (C=O) groups is 3. The Morgan fingerprint density at radius 3 is 2.14 bits per heavy atom. The summed E-state index contributed by atoms with van der Waals surface area (Å²) in [6.45, 7) is 8.12. The molecular weight excluding hydrogens is 524 g/mol. The molecule has 0 unspecified atom stereocenters. The first-order chi connectivity index (χ1) is 17.0. The highest BCUT2D eigenvalue weighted by Crippen LogP contribution is 2.26. The number of halogens is 1. The Kier molecular flexibility index (Phi) is 9.09. The quantitative estimate of drug-likeness (QED) is 0.361. The third kappa shape index (κ3) is 8.37. The van der Waals surface area contributed by atoms with Crippen LogP contribution in [-0.2, 0) is 14.3 Å². The number of rotatable bonds is 7. The number of hydrogen-bond acceptors (Lipinski definition) is 6. The normalized spacial score (nSPS) is 14.4. The van der Waals surface area contributed by atoms with E-state index in [4.69, 9.17) is 4.74 Å². The van der Waals surface area contributed by atoms with Gasteiger partial charge in [0, 0.05) is 36.3 Å². The lowest BCUT2D eigenvalue weighted by atomic mass is 10.1. The number of hydrogen-bond donors (Lipinski definition) is 1. The molecule has 0 aliphatic carbocycles. The predicted molar refractivity (Wildman–Crippen MR) is 145 cm³/mol. The molecule has 1 aliphatic heterocycles. The van der Waals surface area contributed by atoms with Crippen molar-refractivity contribution in [3.8, 4) is 5.75 Å². The Hall–Kier alpha value is -3.39. The molecule has 0 spiro atoms. The largest absolute Gasteiger partial charge is 0.508 e. The van der Waals surface area contributed by atoms with E-state index in [1.54, 1.807) is 29.2 Å². The van der Waals surface area contributed by atoms with Crippen molar-refractivity contribution < 1.29 is 24.2 Å². The van der Waals surface area contributed by atoms with Crippen LogP contribution in [0.3, 0.4) is 0 Å². The minimum atomic E-state index is -0.512. The van der Waals surface area contributed by atoms with Gasteiger partial charge < -0.3 is 19.6 Å². The van der Waals surface area contributed by atoms with E-state index in [1.165, 1.54) is 24.3 Å². The van der Waals surface area contributed by atoms with Gasteiger partial charge in [0.2, 0.25) is 0 Å². The highest BCUT2D eigenvalue weighted by atomic mass is 79.9. The molecule has 0 aromatic heterocycles. The van der Waals surface area contributed by atoms with E-state index in [9.17, 15) is 19.5 Å². The average molecular weight is 555 g/mol. The van der Waals surface area contributed by atoms with Gasteiger partial charge in [-0.25, -0.2) is 4.79 Å². The third-order valence-corrected chi connectivity index (χ3v) is 6.12. The number of allylic oxidation sites excluding steroid dienone is 2. The molecule has 0 bridgehead atoms. The molecule has 3 rings (SSSR count). The summed E-state index contributed by atoms with van der Waals surface area (Å²) < 4.78 is 6.28. The summed E-state index contributed by atoms with van der Waals surface area (Å²) in [6.07, 6.45) is 5.57. The topological polar surface area (TPSA) is 87.2 Å². The van der Waals surface area contributed by atoms with Crippen LogP contribution in [0.15, 0.2) is 59.1 Å². The number of piperazine rings is 1. The van der Waals surface area contributed by atoms with Crippen LogP contribution in [0, 0.1) is 0 Å². The molecule has 1 heterocycles. The zero-order valence-corrected chi connectivity index (χ0v) is 22.3. The van der Waals surface area contributed by atoms with Crippen molar-refractivity contribution >= 4 is 51.4 Å². The Labute approximate surface area is 220 Å². The number of amides is 1. The average Bonchev–Trinajstić information content (AvgIpc) is 2.82. The summed E-state index contributed by atoms with van der Waals surface area (Å²) >= 11 is 3.57. The molecule has 8 heteroatoms. The maximum absolute atomic E-state index is 12.3. The number of aromatic hydroxyl groups is 1. The molecule has 1 N–H and O–H groups in total. The van der Waals surface area contributed by atoms with E-state index in [1.807, 2.05) is 39.0 Å². The van der Waals surface area contributed by atoms with Crippen LogP contribution in [0.25, 0.3) is 12.2 Å². The van der Waals surface area contributed by atoms with Gasteiger partial charge in [0.15, 0.2) is 11.6 Å². The van der Waals surface area contributed by atoms with E-state index in [-0.39, 0.29) is 29.8 Å². The molecule has 0 saturated carbocycles. The minimum Gasteiger partial charge on any atom is -0.508 e. The van der Waals surface area contributed by atoms with Crippen molar-refractivity contribution in [2.45, 2.75) is 32.8 Å². The van der Waals surface area contributed by atoms with Crippen molar-refractivity contribution in [3.05, 3.63) is 70.2 Å². The number of phenols is 1. The SMILES string of the molecule is CC(C)(C)OC(=O)N1CCN(c2ccc(C=CC(=O)CC(=O)C=Cc3ccc(O)cc3)c(Br)c2)CC1. The molecule has 1 aliphatic rings. The number of ether oxygens (including phenoxy) is 1. The van der Waals surface area contributed by atoms with Crippen molar-refractivity contribution in [2.75, 3.05) is 31.1 Å². The highest BCUT2D eigenvalue weighted by Gasteiger charge is 2.26. The van der Waals surface area contributed by atoms with Gasteiger partial charge in [0.25, 0.3) is 0 Å². The molecule has 2 aromatic rings. The smallest absolute Gasteiger partial charge is 0.410 e. The molecular formula is C28H31BrN2O5. The molecule has 1 amide bonds. The first-order valence-corrected chi connectivity index (χ1v) is 12.5. The number of anilines is 1. The highest BCUT2D eigenvalue weighted by molar-refractivity contribution is 9.10. The van der Waals surface area contributed by atoms with E-state index < -0.39 is 5.60 Å². The van der Waals surface area contributed by atoms with E-state index in [2.05, 4.69) is 20.8 Å². The lowest BCUT2D eigenvalue weighted by Gasteiger charge is -2.36. The zero-order chi connectivity index (χ0) is 26.3. The van der Waals surface area contributed by atoms with Crippen molar-refractivity contribution in [2.24, 2.45) is 0 Å². The van der Waals surface area contributed by atoms with Crippen LogP contribution in [0.1, 0.15) is 38.3 Å². The zero-order valence-electron chi connectivity index (χ0n) is 20.7. The second kappa shape index (κ2) is 12.0. The molecule has 0 atom stereocenters. The van der Waals surface area contributed by atoms with Crippen molar-refractivity contribution in [1.29, 1.82) is 0 Å². The van der Waals surface area contributed by atoms with E-state index in [0.717, 1.165) is 21.3 Å². The van der Waals surface area contributed by atoms with Gasteiger partial charge in [-0.05, 0) is 68.3 Å². The first kappa shape index (κ1) is 27.2. The van der Waals surface area contributed by atoms with Gasteiger partial charge in [-0.2, -0.15) is 0 Å². The Morgan fingerprint density at radius 2 is 1.56 bits per heavy atom. The summed E-state index contributed by atoms with van der Waals surface area (Å²) in [5.74, 6) is -0.430. The summed E-state index contributed by atoms with van der Waals surface area (Å²) in [4.78, 5) is 40.5. The predicted octanol–water partition coefficient (Wildman–Crippen LogP) is 5.47. The third-order valence-electron chi connectivity index (χ3n) is 5.43. The summed E-state index contributed by atoms with van der Waals surface area (Å²) in [5.41, 5.74) is 2.09. The molecule has 0 radical (unpaired) electrons. The summed E-state index contributed by atoms with van der Waals surface area (Å²) in [6, 6.07) is 12.3.